The van der Waals surface area contributed by atoms with E-state index in [0.29, 0.717) is 6.42 Å². The fourth-order valence-corrected chi connectivity index (χ4v) is 2.52. The first-order valence-electron chi connectivity index (χ1n) is 6.23. The molecule has 1 aromatic carbocycles. The molecule has 0 aliphatic carbocycles. The van der Waals surface area contributed by atoms with Crippen LogP contribution in [0.15, 0.2) is 18.2 Å². The van der Waals surface area contributed by atoms with E-state index in [0.717, 1.165) is 5.56 Å². The predicted molar refractivity (Wildman–Crippen MR) is 76.5 cm³/mol. The van der Waals surface area contributed by atoms with Crippen molar-refractivity contribution in [2.45, 2.75) is 39.3 Å². The lowest BCUT2D eigenvalue weighted by Gasteiger charge is -2.35. The van der Waals surface area contributed by atoms with E-state index < -0.39 is 5.82 Å². The van der Waals surface area contributed by atoms with Crippen molar-refractivity contribution in [2.75, 3.05) is 7.11 Å². The summed E-state index contributed by atoms with van der Waals surface area (Å²) in [6, 6.07) is 4.63. The molecule has 108 valence electrons. The molecular formula is C14H22ClFN2O. The van der Waals surface area contributed by atoms with Gasteiger partial charge in [0.1, 0.15) is 5.82 Å². The van der Waals surface area contributed by atoms with Crippen LogP contribution in [-0.2, 0) is 11.2 Å². The van der Waals surface area contributed by atoms with Gasteiger partial charge in [-0.2, -0.15) is 0 Å². The van der Waals surface area contributed by atoms with Gasteiger partial charge in [-0.05, 0) is 23.5 Å². The zero-order valence-electron chi connectivity index (χ0n) is 11.8. The van der Waals surface area contributed by atoms with Crippen LogP contribution in [0, 0.1) is 11.2 Å². The van der Waals surface area contributed by atoms with Crippen molar-refractivity contribution in [1.82, 2.24) is 5.43 Å². The highest BCUT2D eigenvalue weighted by atomic mass is 35.5. The summed E-state index contributed by atoms with van der Waals surface area (Å²) in [6.07, 6.45) is 0.389. The molecule has 19 heavy (non-hydrogen) atoms. The largest absolute Gasteiger partial charge is 0.379 e. The summed E-state index contributed by atoms with van der Waals surface area (Å²) >= 11 is 5.97. The molecule has 1 aromatic rings. The number of rotatable bonds is 5. The molecule has 0 aromatic heterocycles. The summed E-state index contributed by atoms with van der Waals surface area (Å²) in [5.41, 5.74) is 3.38. The number of halogens is 2. The van der Waals surface area contributed by atoms with Crippen molar-refractivity contribution in [2.24, 2.45) is 11.3 Å². The zero-order valence-corrected chi connectivity index (χ0v) is 12.6. The van der Waals surface area contributed by atoms with Crippen molar-refractivity contribution in [3.05, 3.63) is 34.6 Å². The molecule has 2 unspecified atom stereocenters. The molecule has 3 N–H and O–H groups in total. The van der Waals surface area contributed by atoms with Crippen LogP contribution in [0.25, 0.3) is 0 Å². The number of ether oxygens (including phenoxy) is 1. The van der Waals surface area contributed by atoms with Gasteiger partial charge in [0.05, 0.1) is 17.2 Å². The van der Waals surface area contributed by atoms with Crippen molar-refractivity contribution in [3.8, 4) is 0 Å². The van der Waals surface area contributed by atoms with Gasteiger partial charge in [-0.1, -0.05) is 44.5 Å². The maximum Gasteiger partial charge on any atom is 0.142 e. The quantitative estimate of drug-likeness (QED) is 0.647. The Morgan fingerprint density at radius 3 is 2.53 bits per heavy atom. The Labute approximate surface area is 119 Å². The fourth-order valence-electron chi connectivity index (χ4n) is 2.32. The molecule has 1 rings (SSSR count). The van der Waals surface area contributed by atoms with Gasteiger partial charge in [-0.3, -0.25) is 11.3 Å². The molecule has 3 nitrogen and oxygen atoms in total. The zero-order chi connectivity index (χ0) is 14.6. The number of nitrogens with two attached hydrogens (primary N) is 1. The summed E-state index contributed by atoms with van der Waals surface area (Å²) < 4.78 is 19.0. The molecule has 0 heterocycles. The minimum atomic E-state index is -0.417. The molecule has 0 spiro atoms. The Morgan fingerprint density at radius 2 is 2.05 bits per heavy atom. The van der Waals surface area contributed by atoms with Gasteiger partial charge in [0.2, 0.25) is 0 Å². The van der Waals surface area contributed by atoms with Crippen molar-refractivity contribution < 1.29 is 9.13 Å². The summed E-state index contributed by atoms with van der Waals surface area (Å²) in [7, 11) is 1.65. The summed E-state index contributed by atoms with van der Waals surface area (Å²) in [6.45, 7) is 6.20. The van der Waals surface area contributed by atoms with Gasteiger partial charge < -0.3 is 4.74 Å². The lowest BCUT2D eigenvalue weighted by Crippen LogP contribution is -2.51. The number of hydrogen-bond acceptors (Lipinski definition) is 3. The average molecular weight is 289 g/mol. The molecule has 0 saturated carbocycles. The Morgan fingerprint density at radius 1 is 1.42 bits per heavy atom. The molecule has 0 saturated heterocycles. The van der Waals surface area contributed by atoms with E-state index in [1.807, 2.05) is 0 Å². The van der Waals surface area contributed by atoms with Crippen LogP contribution in [0.1, 0.15) is 26.3 Å². The molecule has 0 aliphatic heterocycles. The third-order valence-electron chi connectivity index (χ3n) is 3.16. The Hall–Kier alpha value is -0.680. The number of hydrogen-bond donors (Lipinski definition) is 2. The second-order valence-corrected chi connectivity index (χ2v) is 6.09. The van der Waals surface area contributed by atoms with Crippen LogP contribution in [0.5, 0.6) is 0 Å². The summed E-state index contributed by atoms with van der Waals surface area (Å²) in [4.78, 5) is 0. The smallest absolute Gasteiger partial charge is 0.142 e. The normalized spacial score (nSPS) is 15.3. The highest BCUT2D eigenvalue weighted by Gasteiger charge is 2.32. The molecule has 2 atom stereocenters. The molecule has 0 aliphatic rings. The van der Waals surface area contributed by atoms with Crippen molar-refractivity contribution in [3.63, 3.8) is 0 Å². The maximum absolute atomic E-state index is 13.4. The number of nitrogens with one attached hydrogen (secondary N) is 1. The van der Waals surface area contributed by atoms with Gasteiger partial charge in [0.15, 0.2) is 0 Å². The Bertz CT molecular complexity index is 420. The lowest BCUT2D eigenvalue weighted by molar-refractivity contribution is -0.0110. The first kappa shape index (κ1) is 16.4. The molecule has 0 amide bonds. The Kier molecular flexibility index (Phi) is 5.74. The van der Waals surface area contributed by atoms with Gasteiger partial charge in [-0.25, -0.2) is 4.39 Å². The van der Waals surface area contributed by atoms with Crippen LogP contribution in [0.4, 0.5) is 4.39 Å². The summed E-state index contributed by atoms with van der Waals surface area (Å²) in [5.74, 6) is 5.20. The highest BCUT2D eigenvalue weighted by Crippen LogP contribution is 2.28. The lowest BCUT2D eigenvalue weighted by atomic mass is 9.82. The maximum atomic E-state index is 13.4. The van der Waals surface area contributed by atoms with Crippen molar-refractivity contribution in [1.29, 1.82) is 0 Å². The first-order chi connectivity index (χ1) is 8.81. The van der Waals surface area contributed by atoms with E-state index in [9.17, 15) is 4.39 Å². The van der Waals surface area contributed by atoms with Gasteiger partial charge in [0, 0.05) is 7.11 Å². The predicted octanol–water partition coefficient (Wildman–Crippen LogP) is 2.91. The minimum Gasteiger partial charge on any atom is -0.379 e. The van der Waals surface area contributed by atoms with Crippen LogP contribution in [0.2, 0.25) is 5.02 Å². The third-order valence-corrected chi connectivity index (χ3v) is 3.58. The van der Waals surface area contributed by atoms with E-state index in [1.165, 1.54) is 6.07 Å². The van der Waals surface area contributed by atoms with E-state index >= 15 is 0 Å². The number of methoxy groups -OCH3 is 1. The van der Waals surface area contributed by atoms with Crippen LogP contribution < -0.4 is 11.3 Å². The second kappa shape index (κ2) is 6.66. The van der Waals surface area contributed by atoms with Gasteiger partial charge in [0.25, 0.3) is 0 Å². The molecule has 5 heteroatoms. The van der Waals surface area contributed by atoms with Gasteiger partial charge >= 0.3 is 0 Å². The molecule has 0 fully saturated rings. The van der Waals surface area contributed by atoms with E-state index in [1.54, 1.807) is 19.2 Å². The molecule has 0 bridgehead atoms. The fraction of sp³-hybridized carbons (Fsp3) is 0.571. The standard InChI is InChI=1S/C14H22ClFN2O/c1-14(2,3)13(19-4)11(18-17)8-9-6-5-7-10(16)12(9)15/h5-7,11,13,18H,8,17H2,1-4H3. The van der Waals surface area contributed by atoms with Crippen molar-refractivity contribution >= 4 is 11.6 Å². The van der Waals surface area contributed by atoms with Crippen LogP contribution >= 0.6 is 11.6 Å². The Balaban J connectivity index is 2.96. The average Bonchev–Trinajstić information content (AvgIpc) is 2.32. The highest BCUT2D eigenvalue weighted by molar-refractivity contribution is 6.31. The van der Waals surface area contributed by atoms with Crippen LogP contribution in [-0.4, -0.2) is 19.3 Å². The summed E-state index contributed by atoms with van der Waals surface area (Å²) in [5, 5.41) is 0.145. The monoisotopic (exact) mass is 288 g/mol. The molecular weight excluding hydrogens is 267 g/mol. The topological polar surface area (TPSA) is 47.3 Å². The van der Waals surface area contributed by atoms with Gasteiger partial charge in [-0.15, -0.1) is 0 Å². The van der Waals surface area contributed by atoms with E-state index in [2.05, 4.69) is 26.2 Å². The number of hydrazine groups is 1. The van der Waals surface area contributed by atoms with E-state index in [-0.39, 0.29) is 22.6 Å². The second-order valence-electron chi connectivity index (χ2n) is 5.71. The third kappa shape index (κ3) is 4.14. The van der Waals surface area contributed by atoms with E-state index in [4.69, 9.17) is 22.2 Å². The van der Waals surface area contributed by atoms with Crippen LogP contribution in [0.3, 0.4) is 0 Å². The minimum absolute atomic E-state index is 0.0917. The first-order valence-corrected chi connectivity index (χ1v) is 6.61. The molecule has 0 radical (unpaired) electrons. The number of benzene rings is 1. The SMILES string of the molecule is COC(C(Cc1cccc(F)c1Cl)NN)C(C)(C)C.